The van der Waals surface area contributed by atoms with Crippen molar-refractivity contribution in [2.24, 2.45) is 0 Å². The quantitative estimate of drug-likeness (QED) is 0.555. The number of aryl methyl sites for hydroxylation is 2. The summed E-state index contributed by atoms with van der Waals surface area (Å²) in [5.41, 5.74) is 2.33. The van der Waals surface area contributed by atoms with Crippen molar-refractivity contribution in [3.8, 4) is 0 Å². The highest BCUT2D eigenvalue weighted by Gasteiger charge is 2.17. The molecule has 0 fully saturated rings. The molecule has 12 heteroatoms. The zero-order valence-corrected chi connectivity index (χ0v) is 21.4. The lowest BCUT2D eigenvalue weighted by molar-refractivity contribution is -0.159. The second-order valence-corrected chi connectivity index (χ2v) is 8.65. The van der Waals surface area contributed by atoms with Crippen LogP contribution in [0, 0.1) is 0 Å². The standard InChI is InChI=1S/2C11H17N3O.C2H2O4/c2*1-3-5-10-12-11(15-13-10)9-6-4-7-14(2)8-9;3-1(4)2(5)6/h2*6H,3-5,7-8H2,1-2H3;(H,3,4)(H,5,6). The van der Waals surface area contributed by atoms with Crippen molar-refractivity contribution in [2.45, 2.75) is 52.4 Å². The minimum absolute atomic E-state index is 0.699. The van der Waals surface area contributed by atoms with E-state index < -0.39 is 11.9 Å². The fourth-order valence-electron chi connectivity index (χ4n) is 3.52. The zero-order valence-electron chi connectivity index (χ0n) is 21.4. The van der Waals surface area contributed by atoms with E-state index in [0.717, 1.165) is 76.4 Å². The van der Waals surface area contributed by atoms with Gasteiger partial charge in [0.1, 0.15) is 0 Å². The lowest BCUT2D eigenvalue weighted by Gasteiger charge is -2.20. The minimum atomic E-state index is -1.82. The zero-order chi connectivity index (χ0) is 26.5. The molecule has 2 aromatic heterocycles. The van der Waals surface area contributed by atoms with Crippen LogP contribution >= 0.6 is 0 Å². The largest absolute Gasteiger partial charge is 0.473 e. The van der Waals surface area contributed by atoms with Gasteiger partial charge in [-0.15, -0.1) is 0 Å². The number of rotatable bonds is 6. The summed E-state index contributed by atoms with van der Waals surface area (Å²) in [7, 11) is 4.21. The van der Waals surface area contributed by atoms with Crippen LogP contribution in [0.15, 0.2) is 21.2 Å². The molecule has 0 saturated heterocycles. The van der Waals surface area contributed by atoms with Gasteiger partial charge in [0.15, 0.2) is 11.6 Å². The Balaban J connectivity index is 0.000000208. The second-order valence-electron chi connectivity index (χ2n) is 8.65. The van der Waals surface area contributed by atoms with Gasteiger partial charge in [-0.25, -0.2) is 9.59 Å². The molecule has 12 nitrogen and oxygen atoms in total. The third-order valence-electron chi connectivity index (χ3n) is 5.30. The molecule has 4 rings (SSSR count). The average molecular weight is 505 g/mol. The molecule has 0 aromatic carbocycles. The Labute approximate surface area is 210 Å². The number of carboxylic acid groups (broad SMARTS) is 2. The first kappa shape index (κ1) is 28.9. The summed E-state index contributed by atoms with van der Waals surface area (Å²) in [6, 6.07) is 0. The number of aromatic nitrogens is 4. The van der Waals surface area contributed by atoms with Crippen molar-refractivity contribution in [1.29, 1.82) is 0 Å². The van der Waals surface area contributed by atoms with Crippen LogP contribution in [0.3, 0.4) is 0 Å². The topological polar surface area (TPSA) is 159 Å². The van der Waals surface area contributed by atoms with Gasteiger partial charge in [0.05, 0.1) is 0 Å². The van der Waals surface area contributed by atoms with Crippen LogP contribution in [0.5, 0.6) is 0 Å². The van der Waals surface area contributed by atoms with Gasteiger partial charge >= 0.3 is 11.9 Å². The Kier molecular flexibility index (Phi) is 11.9. The van der Waals surface area contributed by atoms with Crippen molar-refractivity contribution >= 4 is 23.1 Å². The van der Waals surface area contributed by atoms with Crippen LogP contribution in [0.25, 0.3) is 11.1 Å². The fraction of sp³-hybridized carbons (Fsp3) is 0.583. The monoisotopic (exact) mass is 504 g/mol. The van der Waals surface area contributed by atoms with E-state index in [1.807, 2.05) is 0 Å². The summed E-state index contributed by atoms with van der Waals surface area (Å²) in [4.78, 5) is 31.5. The van der Waals surface area contributed by atoms with E-state index >= 15 is 0 Å². The van der Waals surface area contributed by atoms with Crippen molar-refractivity contribution in [3.63, 3.8) is 0 Å². The van der Waals surface area contributed by atoms with Crippen molar-refractivity contribution < 1.29 is 28.8 Å². The molecule has 0 spiro atoms. The van der Waals surface area contributed by atoms with Crippen molar-refractivity contribution in [1.82, 2.24) is 30.1 Å². The Bertz CT molecular complexity index is 961. The molecule has 0 saturated carbocycles. The van der Waals surface area contributed by atoms with Crippen LogP contribution in [0.2, 0.25) is 0 Å². The molecule has 198 valence electrons. The van der Waals surface area contributed by atoms with Crippen LogP contribution < -0.4 is 0 Å². The smallest absolute Gasteiger partial charge is 0.414 e. The number of aliphatic carboxylic acids is 2. The van der Waals surface area contributed by atoms with E-state index in [1.54, 1.807) is 0 Å². The molecule has 0 atom stereocenters. The van der Waals surface area contributed by atoms with Gasteiger partial charge in [0.2, 0.25) is 0 Å². The maximum atomic E-state index is 9.10. The van der Waals surface area contributed by atoms with Crippen molar-refractivity contribution in [3.05, 3.63) is 35.6 Å². The van der Waals surface area contributed by atoms with E-state index in [0.29, 0.717) is 11.8 Å². The summed E-state index contributed by atoms with van der Waals surface area (Å²) in [6.45, 7) is 8.27. The molecule has 0 amide bonds. The molecule has 0 bridgehead atoms. The van der Waals surface area contributed by atoms with E-state index in [4.69, 9.17) is 28.8 Å². The van der Waals surface area contributed by atoms with Gasteiger partial charge in [0, 0.05) is 50.2 Å². The summed E-state index contributed by atoms with van der Waals surface area (Å²) in [5, 5.41) is 22.7. The Morgan fingerprint density at radius 1 is 0.806 bits per heavy atom. The van der Waals surface area contributed by atoms with Gasteiger partial charge in [-0.05, 0) is 39.8 Å². The van der Waals surface area contributed by atoms with E-state index in [1.165, 1.54) is 11.1 Å². The van der Waals surface area contributed by atoms with E-state index in [-0.39, 0.29) is 0 Å². The van der Waals surface area contributed by atoms with Gasteiger partial charge in [0.25, 0.3) is 11.8 Å². The Hall–Kier alpha value is -3.38. The number of carboxylic acids is 2. The molecule has 2 N–H and O–H groups in total. The van der Waals surface area contributed by atoms with Crippen LogP contribution in [-0.2, 0) is 22.4 Å². The molecule has 2 aliphatic heterocycles. The first-order chi connectivity index (χ1) is 17.2. The summed E-state index contributed by atoms with van der Waals surface area (Å²) < 4.78 is 10.5. The third-order valence-corrected chi connectivity index (χ3v) is 5.30. The predicted octanol–water partition coefficient (Wildman–Crippen LogP) is 2.64. The van der Waals surface area contributed by atoms with E-state index in [2.05, 4.69) is 70.2 Å². The highest BCUT2D eigenvalue weighted by atomic mass is 16.5. The second kappa shape index (κ2) is 14.9. The minimum Gasteiger partial charge on any atom is -0.473 e. The molecule has 4 heterocycles. The summed E-state index contributed by atoms with van der Waals surface area (Å²) >= 11 is 0. The van der Waals surface area contributed by atoms with Gasteiger partial charge in [-0.1, -0.05) is 36.3 Å². The maximum Gasteiger partial charge on any atom is 0.414 e. The molecule has 0 unspecified atom stereocenters. The van der Waals surface area contributed by atoms with Gasteiger partial charge in [-0.2, -0.15) is 9.97 Å². The van der Waals surface area contributed by atoms with E-state index in [9.17, 15) is 0 Å². The first-order valence-electron chi connectivity index (χ1n) is 12.1. The van der Waals surface area contributed by atoms with Gasteiger partial charge < -0.3 is 29.1 Å². The molecule has 2 aromatic rings. The Morgan fingerprint density at radius 3 is 1.50 bits per heavy atom. The predicted molar refractivity (Wildman–Crippen MR) is 132 cm³/mol. The number of hydrogen-bond donors (Lipinski definition) is 2. The third kappa shape index (κ3) is 9.70. The average Bonchev–Trinajstić information content (AvgIpc) is 3.51. The number of hydrogen-bond acceptors (Lipinski definition) is 10. The SMILES string of the molecule is CCCc1noc(C2=CCCN(C)C2)n1.CCCc1noc(C2=CCCN(C)C2)n1.O=C(O)C(=O)O. The summed E-state index contributed by atoms with van der Waals surface area (Å²) in [6.07, 6.45) is 10.4. The van der Waals surface area contributed by atoms with Crippen LogP contribution in [0.1, 0.15) is 63.0 Å². The highest BCUT2D eigenvalue weighted by Crippen LogP contribution is 2.19. The lowest BCUT2D eigenvalue weighted by Crippen LogP contribution is -2.25. The number of carbonyl (C=O) groups is 2. The molecule has 0 radical (unpaired) electrons. The van der Waals surface area contributed by atoms with Crippen molar-refractivity contribution in [2.75, 3.05) is 40.3 Å². The fourth-order valence-corrected chi connectivity index (χ4v) is 3.52. The summed E-state index contributed by atoms with van der Waals surface area (Å²) in [5.74, 6) is -0.608. The van der Waals surface area contributed by atoms with Crippen LogP contribution in [0.4, 0.5) is 0 Å². The molecule has 36 heavy (non-hydrogen) atoms. The van der Waals surface area contributed by atoms with Gasteiger partial charge in [-0.3, -0.25) is 0 Å². The van der Waals surface area contributed by atoms with Crippen LogP contribution in [-0.4, -0.2) is 92.5 Å². The Morgan fingerprint density at radius 2 is 1.19 bits per heavy atom. The lowest BCUT2D eigenvalue weighted by atomic mass is 10.1. The number of nitrogens with zero attached hydrogens (tertiary/aromatic N) is 6. The highest BCUT2D eigenvalue weighted by molar-refractivity contribution is 6.27. The number of likely N-dealkylation sites (N-methyl/N-ethyl adjacent to an activating group) is 2. The molecule has 2 aliphatic rings. The molecular weight excluding hydrogens is 468 g/mol. The normalized spacial score (nSPS) is 16.1. The first-order valence-corrected chi connectivity index (χ1v) is 12.1. The molecular formula is C24H36N6O6. The molecule has 0 aliphatic carbocycles. The maximum absolute atomic E-state index is 9.10.